The zero-order valence-electron chi connectivity index (χ0n) is 8.66. The molecular formula is C10H24N2. The van der Waals surface area contributed by atoms with E-state index in [1.165, 1.54) is 38.5 Å². The Bertz CT molecular complexity index is 64.2. The third kappa shape index (κ3) is 9.92. The number of hydrogen-bond donors (Lipinski definition) is 2. The average Bonchev–Trinajstić information content (AvgIpc) is 2.10. The molecule has 2 nitrogen and oxygen atoms in total. The zero-order valence-corrected chi connectivity index (χ0v) is 8.66. The molecule has 0 rings (SSSR count). The first-order valence-corrected chi connectivity index (χ1v) is 5.37. The maximum atomic E-state index is 3.23. The summed E-state index contributed by atoms with van der Waals surface area (Å²) in [4.78, 5) is 0. The van der Waals surface area contributed by atoms with Crippen LogP contribution in [0.25, 0.3) is 0 Å². The summed E-state index contributed by atoms with van der Waals surface area (Å²) in [6, 6.07) is 0. The Morgan fingerprint density at radius 1 is 0.667 bits per heavy atom. The largest absolute Gasteiger partial charge is 0.258 e. The van der Waals surface area contributed by atoms with Crippen molar-refractivity contribution in [3.8, 4) is 0 Å². The maximum Gasteiger partial charge on any atom is 0.00997 e. The Kier molecular flexibility index (Phi) is 10.8. The Labute approximate surface area is 77.1 Å². The van der Waals surface area contributed by atoms with Gasteiger partial charge in [-0.1, -0.05) is 39.5 Å². The minimum Gasteiger partial charge on any atom is -0.258 e. The molecule has 0 atom stereocenters. The first-order chi connectivity index (χ1) is 5.91. The zero-order chi connectivity index (χ0) is 9.07. The summed E-state index contributed by atoms with van der Waals surface area (Å²) in [6.45, 7) is 6.68. The van der Waals surface area contributed by atoms with Crippen LogP contribution in [0.15, 0.2) is 0 Å². The first kappa shape index (κ1) is 11.9. The summed E-state index contributed by atoms with van der Waals surface area (Å²) < 4.78 is 0. The quantitative estimate of drug-likeness (QED) is 0.412. The van der Waals surface area contributed by atoms with Crippen molar-refractivity contribution in [2.75, 3.05) is 13.1 Å². The van der Waals surface area contributed by atoms with Gasteiger partial charge in [-0.15, -0.1) is 0 Å². The van der Waals surface area contributed by atoms with Crippen LogP contribution in [-0.4, -0.2) is 13.1 Å². The van der Waals surface area contributed by atoms with Gasteiger partial charge in [-0.25, -0.2) is 0 Å². The predicted molar refractivity (Wildman–Crippen MR) is 55.1 cm³/mol. The highest BCUT2D eigenvalue weighted by Crippen LogP contribution is 1.91. The van der Waals surface area contributed by atoms with Gasteiger partial charge in [-0.3, -0.25) is 10.9 Å². The van der Waals surface area contributed by atoms with Gasteiger partial charge in [-0.2, -0.15) is 0 Å². The van der Waals surface area contributed by atoms with Crippen LogP contribution in [0.1, 0.15) is 52.4 Å². The molecule has 0 saturated carbocycles. The number of hydrogen-bond acceptors (Lipinski definition) is 2. The fourth-order valence-corrected chi connectivity index (χ4v) is 1.10. The maximum absolute atomic E-state index is 3.23. The summed E-state index contributed by atoms with van der Waals surface area (Å²) >= 11 is 0. The van der Waals surface area contributed by atoms with E-state index in [9.17, 15) is 0 Å². The molecule has 0 heterocycles. The number of hydrazine groups is 1. The highest BCUT2D eigenvalue weighted by molar-refractivity contribution is 4.44. The summed E-state index contributed by atoms with van der Waals surface area (Å²) in [5.74, 6) is 0. The van der Waals surface area contributed by atoms with E-state index in [4.69, 9.17) is 0 Å². The molecule has 0 fully saturated rings. The minimum absolute atomic E-state index is 1.11. The second-order valence-corrected chi connectivity index (χ2v) is 3.27. The van der Waals surface area contributed by atoms with Crippen molar-refractivity contribution in [3.63, 3.8) is 0 Å². The molecule has 0 unspecified atom stereocenters. The van der Waals surface area contributed by atoms with Crippen molar-refractivity contribution in [2.24, 2.45) is 0 Å². The van der Waals surface area contributed by atoms with E-state index in [0.717, 1.165) is 13.1 Å². The molecule has 2 heteroatoms. The van der Waals surface area contributed by atoms with E-state index in [1.54, 1.807) is 0 Å². The van der Waals surface area contributed by atoms with E-state index in [2.05, 4.69) is 24.7 Å². The number of unbranched alkanes of at least 4 members (excludes halogenated alkanes) is 4. The van der Waals surface area contributed by atoms with E-state index in [0.29, 0.717) is 0 Å². The Morgan fingerprint density at radius 3 is 1.42 bits per heavy atom. The summed E-state index contributed by atoms with van der Waals surface area (Å²) in [7, 11) is 0. The molecule has 0 aliphatic heterocycles. The van der Waals surface area contributed by atoms with Crippen LogP contribution in [0.2, 0.25) is 0 Å². The first-order valence-electron chi connectivity index (χ1n) is 5.37. The predicted octanol–water partition coefficient (Wildman–Crippen LogP) is 2.46. The molecule has 74 valence electrons. The lowest BCUT2D eigenvalue weighted by Gasteiger charge is -2.05. The van der Waals surface area contributed by atoms with Crippen molar-refractivity contribution < 1.29 is 0 Å². The van der Waals surface area contributed by atoms with Gasteiger partial charge in [0.1, 0.15) is 0 Å². The van der Waals surface area contributed by atoms with Gasteiger partial charge < -0.3 is 0 Å². The van der Waals surface area contributed by atoms with Gasteiger partial charge in [0.25, 0.3) is 0 Å². The molecule has 0 aromatic rings. The highest BCUT2D eigenvalue weighted by Gasteiger charge is 1.86. The second kappa shape index (κ2) is 10.9. The average molecular weight is 172 g/mol. The lowest BCUT2D eigenvalue weighted by molar-refractivity contribution is 0.494. The van der Waals surface area contributed by atoms with Gasteiger partial charge in [0.15, 0.2) is 0 Å². The van der Waals surface area contributed by atoms with Gasteiger partial charge in [0.2, 0.25) is 0 Å². The highest BCUT2D eigenvalue weighted by atomic mass is 15.3. The third-order valence-corrected chi connectivity index (χ3v) is 1.94. The van der Waals surface area contributed by atoms with Crippen LogP contribution >= 0.6 is 0 Å². The van der Waals surface area contributed by atoms with Gasteiger partial charge in [0, 0.05) is 13.1 Å². The third-order valence-electron chi connectivity index (χ3n) is 1.94. The fourth-order valence-electron chi connectivity index (χ4n) is 1.10. The smallest absolute Gasteiger partial charge is 0.00997 e. The molecule has 2 N–H and O–H groups in total. The number of nitrogens with one attached hydrogen (secondary N) is 2. The molecule has 0 radical (unpaired) electrons. The second-order valence-electron chi connectivity index (χ2n) is 3.27. The van der Waals surface area contributed by atoms with Crippen molar-refractivity contribution in [3.05, 3.63) is 0 Å². The van der Waals surface area contributed by atoms with Crippen molar-refractivity contribution in [2.45, 2.75) is 52.4 Å². The molecule has 0 saturated heterocycles. The summed E-state index contributed by atoms with van der Waals surface area (Å²) in [6.07, 6.45) is 7.86. The van der Waals surface area contributed by atoms with Crippen LogP contribution in [0.4, 0.5) is 0 Å². The summed E-state index contributed by atoms with van der Waals surface area (Å²) in [5, 5.41) is 0. The van der Waals surface area contributed by atoms with E-state index in [-0.39, 0.29) is 0 Å². The van der Waals surface area contributed by atoms with E-state index < -0.39 is 0 Å². The molecule has 0 aromatic carbocycles. The van der Waals surface area contributed by atoms with Crippen molar-refractivity contribution in [1.29, 1.82) is 0 Å². The molecule has 0 spiro atoms. The monoisotopic (exact) mass is 172 g/mol. The van der Waals surface area contributed by atoms with Crippen LogP contribution in [0.3, 0.4) is 0 Å². The van der Waals surface area contributed by atoms with Gasteiger partial charge in [0.05, 0.1) is 0 Å². The van der Waals surface area contributed by atoms with E-state index in [1.807, 2.05) is 0 Å². The normalized spacial score (nSPS) is 10.5. The minimum atomic E-state index is 1.11. The topological polar surface area (TPSA) is 24.1 Å². The molecule has 0 aromatic heterocycles. The lowest BCUT2D eigenvalue weighted by atomic mass is 10.2. The standard InChI is InChI=1S/C10H24N2/c1-3-5-7-9-11-12-10-8-6-4-2/h11-12H,3-10H2,1-2H3. The van der Waals surface area contributed by atoms with Crippen LogP contribution in [-0.2, 0) is 0 Å². The Hall–Kier alpha value is -0.0800. The lowest BCUT2D eigenvalue weighted by Crippen LogP contribution is -2.33. The Balaban J connectivity index is 2.73. The molecule has 0 aliphatic rings. The molecule has 0 bridgehead atoms. The molecular weight excluding hydrogens is 148 g/mol. The van der Waals surface area contributed by atoms with Crippen molar-refractivity contribution in [1.82, 2.24) is 10.9 Å². The van der Waals surface area contributed by atoms with Crippen LogP contribution in [0.5, 0.6) is 0 Å². The van der Waals surface area contributed by atoms with Crippen LogP contribution < -0.4 is 10.9 Å². The van der Waals surface area contributed by atoms with Crippen molar-refractivity contribution >= 4 is 0 Å². The molecule has 0 aliphatic carbocycles. The van der Waals surface area contributed by atoms with E-state index >= 15 is 0 Å². The van der Waals surface area contributed by atoms with Gasteiger partial charge >= 0.3 is 0 Å². The van der Waals surface area contributed by atoms with Gasteiger partial charge in [-0.05, 0) is 12.8 Å². The molecule has 0 amide bonds. The molecule has 12 heavy (non-hydrogen) atoms. The SMILES string of the molecule is CCCCCNNCCCCC. The number of rotatable bonds is 9. The summed E-state index contributed by atoms with van der Waals surface area (Å²) in [5.41, 5.74) is 6.46. The Morgan fingerprint density at radius 2 is 1.08 bits per heavy atom. The fraction of sp³-hybridized carbons (Fsp3) is 1.00. The van der Waals surface area contributed by atoms with Crippen LogP contribution in [0, 0.1) is 0 Å².